The third-order valence-corrected chi connectivity index (χ3v) is 4.08. The van der Waals surface area contributed by atoms with E-state index in [2.05, 4.69) is 10.2 Å². The van der Waals surface area contributed by atoms with Crippen molar-refractivity contribution in [3.05, 3.63) is 16.8 Å². The molecule has 1 aliphatic carbocycles. The fourth-order valence-electron chi connectivity index (χ4n) is 1.72. The summed E-state index contributed by atoms with van der Waals surface area (Å²) in [4.78, 5) is 0. The molecule has 3 rings (SSSR count). The summed E-state index contributed by atoms with van der Waals surface area (Å²) in [7, 11) is -3.82. The lowest BCUT2D eigenvalue weighted by molar-refractivity contribution is 0.567. The summed E-state index contributed by atoms with van der Waals surface area (Å²) in [6.45, 7) is 0. The van der Waals surface area contributed by atoms with Crippen molar-refractivity contribution in [2.24, 2.45) is 5.14 Å². The molecule has 0 atom stereocenters. The van der Waals surface area contributed by atoms with Crippen molar-refractivity contribution in [2.75, 3.05) is 0 Å². The molecule has 2 N–H and O–H groups in total. The Morgan fingerprint density at radius 1 is 1.41 bits per heavy atom. The molecule has 0 aromatic carbocycles. The van der Waals surface area contributed by atoms with E-state index in [9.17, 15) is 8.42 Å². The topological polar surface area (TPSA) is 90.9 Å². The monoisotopic (exact) mass is 270 g/mol. The fraction of sp³-hybridized carbons (Fsp3) is 0.333. The lowest BCUT2D eigenvalue weighted by Gasteiger charge is -2.05. The zero-order chi connectivity index (χ0) is 12.0. The molecule has 0 aliphatic heterocycles. The van der Waals surface area contributed by atoms with Crippen LogP contribution < -0.4 is 5.14 Å². The van der Waals surface area contributed by atoms with Crippen molar-refractivity contribution in [3.8, 4) is 11.4 Å². The van der Waals surface area contributed by atoms with Crippen LogP contribution in [0.4, 0.5) is 0 Å². The van der Waals surface area contributed by atoms with Gasteiger partial charge >= 0.3 is 0 Å². The van der Waals surface area contributed by atoms with Gasteiger partial charge < -0.3 is 0 Å². The standard InChI is InChI=1S/C9H10N4O2S2/c10-17(14,15)9-12-11-8(6-3-4-16-5-6)13(9)7-1-2-7/h3-5,7H,1-2H2,(H2,10,14,15). The molecule has 2 heterocycles. The number of nitrogens with zero attached hydrogens (tertiary/aromatic N) is 3. The number of thiophene rings is 1. The Hall–Kier alpha value is -1.25. The highest BCUT2D eigenvalue weighted by Gasteiger charge is 2.33. The number of aromatic nitrogens is 3. The summed E-state index contributed by atoms with van der Waals surface area (Å²) >= 11 is 1.53. The first-order valence-electron chi connectivity index (χ1n) is 5.07. The van der Waals surface area contributed by atoms with Gasteiger partial charge in [-0.2, -0.15) is 11.3 Å². The molecule has 0 radical (unpaired) electrons. The highest BCUT2D eigenvalue weighted by molar-refractivity contribution is 7.89. The van der Waals surface area contributed by atoms with Crippen LogP contribution in [0.5, 0.6) is 0 Å². The second-order valence-electron chi connectivity index (χ2n) is 3.96. The first-order valence-corrected chi connectivity index (χ1v) is 7.56. The van der Waals surface area contributed by atoms with E-state index in [0.29, 0.717) is 5.82 Å². The molecule has 17 heavy (non-hydrogen) atoms. The average Bonchev–Trinajstić information content (AvgIpc) is 2.81. The van der Waals surface area contributed by atoms with Gasteiger partial charge in [0.05, 0.1) is 0 Å². The molecule has 0 bridgehead atoms. The zero-order valence-corrected chi connectivity index (χ0v) is 10.4. The Morgan fingerprint density at radius 3 is 2.71 bits per heavy atom. The normalized spacial score (nSPS) is 16.3. The molecule has 0 saturated heterocycles. The van der Waals surface area contributed by atoms with Crippen molar-refractivity contribution in [1.29, 1.82) is 0 Å². The fourth-order valence-corrected chi connectivity index (χ4v) is 3.02. The maximum absolute atomic E-state index is 11.4. The maximum Gasteiger partial charge on any atom is 0.273 e. The van der Waals surface area contributed by atoms with Gasteiger partial charge in [0.25, 0.3) is 15.2 Å². The lowest BCUT2D eigenvalue weighted by Crippen LogP contribution is -2.18. The molecule has 90 valence electrons. The van der Waals surface area contributed by atoms with Gasteiger partial charge in [0.1, 0.15) is 0 Å². The number of hydrogen-bond donors (Lipinski definition) is 1. The molecule has 1 saturated carbocycles. The summed E-state index contributed by atoms with van der Waals surface area (Å²) in [5.41, 5.74) is 0.879. The van der Waals surface area contributed by atoms with Crippen LogP contribution >= 0.6 is 11.3 Å². The maximum atomic E-state index is 11.4. The second-order valence-corrected chi connectivity index (χ2v) is 6.20. The van der Waals surface area contributed by atoms with Crippen LogP contribution in [0.2, 0.25) is 0 Å². The van der Waals surface area contributed by atoms with Crippen molar-refractivity contribution in [1.82, 2.24) is 14.8 Å². The van der Waals surface area contributed by atoms with Gasteiger partial charge in [-0.1, -0.05) is 0 Å². The van der Waals surface area contributed by atoms with Crippen molar-refractivity contribution in [3.63, 3.8) is 0 Å². The van der Waals surface area contributed by atoms with Crippen molar-refractivity contribution >= 4 is 21.4 Å². The zero-order valence-electron chi connectivity index (χ0n) is 8.78. The Balaban J connectivity index is 2.21. The van der Waals surface area contributed by atoms with Gasteiger partial charge in [0, 0.05) is 17.0 Å². The van der Waals surface area contributed by atoms with Gasteiger partial charge in [-0.15, -0.1) is 10.2 Å². The van der Waals surface area contributed by atoms with Gasteiger partial charge in [-0.05, 0) is 24.3 Å². The minimum atomic E-state index is -3.82. The third kappa shape index (κ3) is 1.88. The summed E-state index contributed by atoms with van der Waals surface area (Å²) < 4.78 is 24.5. The van der Waals surface area contributed by atoms with Crippen LogP contribution in [0.25, 0.3) is 11.4 Å². The van der Waals surface area contributed by atoms with Crippen molar-refractivity contribution in [2.45, 2.75) is 24.0 Å². The molecule has 0 unspecified atom stereocenters. The van der Waals surface area contributed by atoms with Crippen LogP contribution in [0.15, 0.2) is 22.0 Å². The molecular weight excluding hydrogens is 260 g/mol. The Morgan fingerprint density at radius 2 is 2.18 bits per heavy atom. The number of hydrogen-bond acceptors (Lipinski definition) is 5. The largest absolute Gasteiger partial charge is 0.294 e. The number of primary sulfonamides is 1. The summed E-state index contributed by atoms with van der Waals surface area (Å²) in [5, 5.41) is 16.5. The Labute approximate surface area is 102 Å². The van der Waals surface area contributed by atoms with Crippen LogP contribution in [-0.2, 0) is 10.0 Å². The smallest absolute Gasteiger partial charge is 0.273 e. The van der Waals surface area contributed by atoms with E-state index in [-0.39, 0.29) is 11.2 Å². The van der Waals surface area contributed by atoms with Gasteiger partial charge in [0.2, 0.25) is 0 Å². The molecule has 1 fully saturated rings. The SMILES string of the molecule is NS(=O)(=O)c1nnc(-c2ccsc2)n1C1CC1. The quantitative estimate of drug-likeness (QED) is 0.900. The predicted octanol–water partition coefficient (Wildman–Crippen LogP) is 0.989. The molecule has 0 amide bonds. The minimum absolute atomic E-state index is 0.138. The molecule has 2 aromatic heterocycles. The first-order chi connectivity index (χ1) is 8.07. The Kier molecular flexibility index (Phi) is 2.32. The third-order valence-electron chi connectivity index (χ3n) is 2.61. The number of nitrogens with two attached hydrogens (primary N) is 1. The minimum Gasteiger partial charge on any atom is -0.294 e. The van der Waals surface area contributed by atoms with Gasteiger partial charge in [-0.25, -0.2) is 13.6 Å². The van der Waals surface area contributed by atoms with Crippen LogP contribution in [-0.4, -0.2) is 23.2 Å². The predicted molar refractivity (Wildman–Crippen MR) is 63.0 cm³/mol. The van der Waals surface area contributed by atoms with Crippen LogP contribution in [0, 0.1) is 0 Å². The Bertz CT molecular complexity index is 641. The second kappa shape index (κ2) is 3.62. The molecule has 2 aromatic rings. The summed E-state index contributed by atoms with van der Waals surface area (Å²) in [5.74, 6) is 0.581. The lowest BCUT2D eigenvalue weighted by atomic mass is 10.3. The van der Waals surface area contributed by atoms with Gasteiger partial charge in [-0.3, -0.25) is 4.57 Å². The highest BCUT2D eigenvalue weighted by Crippen LogP contribution is 2.39. The van der Waals surface area contributed by atoms with Crippen molar-refractivity contribution < 1.29 is 8.42 Å². The number of sulfonamides is 1. The molecule has 1 aliphatic rings. The van der Waals surface area contributed by atoms with E-state index in [1.807, 2.05) is 16.8 Å². The summed E-state index contributed by atoms with van der Waals surface area (Å²) in [6.07, 6.45) is 1.88. The summed E-state index contributed by atoms with van der Waals surface area (Å²) in [6, 6.07) is 2.05. The molecule has 8 heteroatoms. The molecule has 0 spiro atoms. The van der Waals surface area contributed by atoms with E-state index in [0.717, 1.165) is 18.4 Å². The van der Waals surface area contributed by atoms with E-state index in [4.69, 9.17) is 5.14 Å². The van der Waals surface area contributed by atoms with E-state index < -0.39 is 10.0 Å². The molecule has 6 nitrogen and oxygen atoms in total. The van der Waals surface area contributed by atoms with E-state index >= 15 is 0 Å². The number of rotatable bonds is 3. The van der Waals surface area contributed by atoms with Crippen LogP contribution in [0.1, 0.15) is 18.9 Å². The van der Waals surface area contributed by atoms with Gasteiger partial charge in [0.15, 0.2) is 5.82 Å². The highest BCUT2D eigenvalue weighted by atomic mass is 32.2. The first kappa shape index (κ1) is 10.9. The molecular formula is C9H10N4O2S2. The van der Waals surface area contributed by atoms with Crippen LogP contribution in [0.3, 0.4) is 0 Å². The average molecular weight is 270 g/mol. The van der Waals surface area contributed by atoms with E-state index in [1.165, 1.54) is 11.3 Å². The van der Waals surface area contributed by atoms with E-state index in [1.54, 1.807) is 4.57 Å².